The summed E-state index contributed by atoms with van der Waals surface area (Å²) in [4.78, 5) is 0. The van der Waals surface area contributed by atoms with Crippen molar-refractivity contribution in [2.75, 3.05) is 0 Å². The van der Waals surface area contributed by atoms with Crippen LogP contribution in [0.15, 0.2) is 54.6 Å². The van der Waals surface area contributed by atoms with Crippen LogP contribution in [-0.2, 0) is 5.41 Å². The first-order chi connectivity index (χ1) is 8.51. The summed E-state index contributed by atoms with van der Waals surface area (Å²) in [6.07, 6.45) is 0. The summed E-state index contributed by atoms with van der Waals surface area (Å²) < 4.78 is 0. The first-order valence-corrected chi connectivity index (χ1v) is 6.87. The van der Waals surface area contributed by atoms with Crippen molar-refractivity contribution in [3.8, 4) is 0 Å². The van der Waals surface area contributed by atoms with E-state index in [0.29, 0.717) is 5.25 Å². The van der Waals surface area contributed by atoms with Crippen molar-refractivity contribution in [2.45, 2.75) is 31.4 Å². The number of rotatable bonds is 3. The molecule has 2 rings (SSSR count). The molecule has 0 aliphatic heterocycles. The van der Waals surface area contributed by atoms with Crippen molar-refractivity contribution in [2.24, 2.45) is 0 Å². The molecule has 1 unspecified atom stereocenters. The normalized spacial score (nSPS) is 13.3. The van der Waals surface area contributed by atoms with Gasteiger partial charge in [-0.15, -0.1) is 0 Å². The van der Waals surface area contributed by atoms with Crippen molar-refractivity contribution >= 4 is 12.6 Å². The molecule has 0 fully saturated rings. The fourth-order valence-electron chi connectivity index (χ4n) is 2.20. The van der Waals surface area contributed by atoms with Crippen molar-refractivity contribution in [3.63, 3.8) is 0 Å². The van der Waals surface area contributed by atoms with Gasteiger partial charge in [0.15, 0.2) is 0 Å². The lowest BCUT2D eigenvalue weighted by molar-refractivity contribution is 0.640. The zero-order valence-corrected chi connectivity index (χ0v) is 12.1. The Balaban J connectivity index is 2.36. The van der Waals surface area contributed by atoms with Crippen LogP contribution < -0.4 is 0 Å². The van der Waals surface area contributed by atoms with E-state index in [1.165, 1.54) is 16.7 Å². The quantitative estimate of drug-likeness (QED) is 0.734. The molecule has 18 heavy (non-hydrogen) atoms. The van der Waals surface area contributed by atoms with Crippen LogP contribution in [0.25, 0.3) is 0 Å². The second kappa shape index (κ2) is 5.19. The van der Waals surface area contributed by atoms with Gasteiger partial charge in [-0.3, -0.25) is 0 Å². The van der Waals surface area contributed by atoms with Crippen LogP contribution in [-0.4, -0.2) is 0 Å². The Morgan fingerprint density at radius 1 is 0.833 bits per heavy atom. The second-order valence-corrected chi connectivity index (χ2v) is 6.06. The molecule has 1 heteroatoms. The summed E-state index contributed by atoms with van der Waals surface area (Å²) >= 11 is 4.46. The van der Waals surface area contributed by atoms with E-state index >= 15 is 0 Å². The van der Waals surface area contributed by atoms with Gasteiger partial charge in [0.1, 0.15) is 0 Å². The Morgan fingerprint density at radius 2 is 1.33 bits per heavy atom. The smallest absolute Gasteiger partial charge is 0.0238 e. The SMILES string of the molecule is CC(S)c1ccc(C(C)(C)c2ccccc2)cc1. The van der Waals surface area contributed by atoms with Crippen molar-refractivity contribution in [1.29, 1.82) is 0 Å². The van der Waals surface area contributed by atoms with Gasteiger partial charge >= 0.3 is 0 Å². The van der Waals surface area contributed by atoms with Crippen LogP contribution in [0.1, 0.15) is 42.7 Å². The molecule has 0 bridgehead atoms. The minimum absolute atomic E-state index is 0.0413. The Kier molecular flexibility index (Phi) is 3.82. The lowest BCUT2D eigenvalue weighted by Crippen LogP contribution is -2.18. The molecule has 0 spiro atoms. The summed E-state index contributed by atoms with van der Waals surface area (Å²) in [6.45, 7) is 6.63. The predicted molar refractivity (Wildman–Crippen MR) is 82.4 cm³/mol. The Labute approximate surface area is 115 Å². The highest BCUT2D eigenvalue weighted by Crippen LogP contribution is 2.32. The second-order valence-electron chi connectivity index (χ2n) is 5.29. The molecule has 0 heterocycles. The van der Waals surface area contributed by atoms with Crippen LogP contribution in [0.4, 0.5) is 0 Å². The highest BCUT2D eigenvalue weighted by Gasteiger charge is 2.22. The molecule has 1 atom stereocenters. The van der Waals surface area contributed by atoms with Gasteiger partial charge in [-0.25, -0.2) is 0 Å². The van der Waals surface area contributed by atoms with E-state index in [-0.39, 0.29) is 5.41 Å². The fourth-order valence-corrected chi connectivity index (χ4v) is 2.37. The average Bonchev–Trinajstić information content (AvgIpc) is 2.40. The molecule has 0 nitrogen and oxygen atoms in total. The molecule has 0 saturated heterocycles. The number of benzene rings is 2. The van der Waals surface area contributed by atoms with E-state index < -0.39 is 0 Å². The Morgan fingerprint density at radius 3 is 1.83 bits per heavy atom. The maximum Gasteiger partial charge on any atom is 0.0238 e. The molecule has 0 saturated carbocycles. The zero-order chi connectivity index (χ0) is 13.2. The van der Waals surface area contributed by atoms with Crippen molar-refractivity contribution in [1.82, 2.24) is 0 Å². The van der Waals surface area contributed by atoms with Gasteiger partial charge < -0.3 is 0 Å². The van der Waals surface area contributed by atoms with Gasteiger partial charge in [-0.05, 0) is 23.6 Å². The lowest BCUT2D eigenvalue weighted by Gasteiger charge is -2.26. The maximum absolute atomic E-state index is 4.46. The summed E-state index contributed by atoms with van der Waals surface area (Å²) in [5, 5.41) is 0.291. The minimum Gasteiger partial charge on any atom is -0.171 e. The van der Waals surface area contributed by atoms with E-state index in [0.717, 1.165) is 0 Å². The summed E-state index contributed by atoms with van der Waals surface area (Å²) in [6, 6.07) is 19.4. The maximum atomic E-state index is 4.46. The van der Waals surface area contributed by atoms with Crippen LogP contribution in [0.3, 0.4) is 0 Å². The van der Waals surface area contributed by atoms with Gasteiger partial charge in [0.05, 0.1) is 0 Å². The molecular weight excluding hydrogens is 236 g/mol. The molecular formula is C17H20S. The van der Waals surface area contributed by atoms with Crippen molar-refractivity contribution in [3.05, 3.63) is 71.3 Å². The molecule has 94 valence electrons. The van der Waals surface area contributed by atoms with Crippen LogP contribution in [0, 0.1) is 0 Å². The molecule has 0 aliphatic rings. The first kappa shape index (κ1) is 13.2. The van der Waals surface area contributed by atoms with Gasteiger partial charge in [0.25, 0.3) is 0 Å². The monoisotopic (exact) mass is 256 g/mol. The third-order valence-electron chi connectivity index (χ3n) is 3.61. The topological polar surface area (TPSA) is 0 Å². The van der Waals surface area contributed by atoms with Gasteiger partial charge in [0.2, 0.25) is 0 Å². The lowest BCUT2D eigenvalue weighted by atomic mass is 9.78. The van der Waals surface area contributed by atoms with E-state index in [4.69, 9.17) is 0 Å². The molecule has 2 aromatic rings. The van der Waals surface area contributed by atoms with E-state index in [1.54, 1.807) is 0 Å². The minimum atomic E-state index is 0.0413. The molecule has 0 aromatic heterocycles. The summed E-state index contributed by atoms with van der Waals surface area (Å²) in [7, 11) is 0. The predicted octanol–water partition coefficient (Wildman–Crippen LogP) is 5.00. The third kappa shape index (κ3) is 2.62. The average molecular weight is 256 g/mol. The van der Waals surface area contributed by atoms with Gasteiger partial charge in [-0.2, -0.15) is 12.6 Å². The summed E-state index contributed by atoms with van der Waals surface area (Å²) in [5.74, 6) is 0. The molecule has 0 amide bonds. The van der Waals surface area contributed by atoms with Crippen molar-refractivity contribution < 1.29 is 0 Å². The van der Waals surface area contributed by atoms with E-state index in [1.807, 2.05) is 0 Å². The van der Waals surface area contributed by atoms with Crippen LogP contribution in [0.5, 0.6) is 0 Å². The van der Waals surface area contributed by atoms with Gasteiger partial charge in [0, 0.05) is 10.7 Å². The van der Waals surface area contributed by atoms with Gasteiger partial charge in [-0.1, -0.05) is 68.4 Å². The molecule has 0 aliphatic carbocycles. The standard InChI is InChI=1S/C17H20S/c1-13(18)14-9-11-16(12-10-14)17(2,3)15-7-5-4-6-8-15/h4-13,18H,1-3H3. The Hall–Kier alpha value is -1.21. The number of thiol groups is 1. The first-order valence-electron chi connectivity index (χ1n) is 6.36. The fraction of sp³-hybridized carbons (Fsp3) is 0.294. The van der Waals surface area contributed by atoms with Crippen LogP contribution >= 0.6 is 12.6 Å². The number of hydrogen-bond acceptors (Lipinski definition) is 1. The van der Waals surface area contributed by atoms with E-state index in [9.17, 15) is 0 Å². The van der Waals surface area contributed by atoms with E-state index in [2.05, 4.69) is 88.0 Å². The molecule has 0 N–H and O–H groups in total. The third-order valence-corrected chi connectivity index (χ3v) is 3.91. The summed E-state index contributed by atoms with van der Waals surface area (Å²) in [5.41, 5.74) is 3.99. The van der Waals surface area contributed by atoms with Crippen LogP contribution in [0.2, 0.25) is 0 Å². The molecule has 0 radical (unpaired) electrons. The highest BCUT2D eigenvalue weighted by atomic mass is 32.1. The largest absolute Gasteiger partial charge is 0.171 e. The highest BCUT2D eigenvalue weighted by molar-refractivity contribution is 7.80. The zero-order valence-electron chi connectivity index (χ0n) is 11.2. The molecule has 2 aromatic carbocycles. The Bertz CT molecular complexity index is 495. The number of hydrogen-bond donors (Lipinski definition) is 1.